The third-order valence-corrected chi connectivity index (χ3v) is 11.6. The highest BCUT2D eigenvalue weighted by atomic mass is 32.1. The Morgan fingerprint density at radius 3 is 1.87 bits per heavy atom. The van der Waals surface area contributed by atoms with Gasteiger partial charge in [-0.25, -0.2) is 4.98 Å². The molecule has 0 saturated carbocycles. The van der Waals surface area contributed by atoms with Crippen molar-refractivity contribution in [2.24, 2.45) is 0 Å². The third kappa shape index (κ3) is 4.57. The monoisotopic (exact) mass is 443 g/mol. The molecule has 0 aliphatic rings. The van der Waals surface area contributed by atoms with Gasteiger partial charge in [0, 0.05) is 23.7 Å². The van der Waals surface area contributed by atoms with Crippen LogP contribution in [0.15, 0.2) is 96.5 Å². The number of thiazole rings is 1. The van der Waals surface area contributed by atoms with E-state index in [0.717, 1.165) is 11.4 Å². The van der Waals surface area contributed by atoms with Crippen LogP contribution in [0.3, 0.4) is 0 Å². The minimum absolute atomic E-state index is 0.00437. The lowest BCUT2D eigenvalue weighted by Crippen LogP contribution is -2.66. The number of nitrogens with zero attached hydrogens (tertiary/aromatic N) is 1. The zero-order valence-electron chi connectivity index (χ0n) is 18.4. The van der Waals surface area contributed by atoms with Crippen LogP contribution < -0.4 is 10.4 Å². The number of hydrogen-bond acceptors (Lipinski definition) is 3. The van der Waals surface area contributed by atoms with Crippen LogP contribution in [0.4, 0.5) is 0 Å². The molecule has 4 heteroatoms. The van der Waals surface area contributed by atoms with Gasteiger partial charge in [-0.2, -0.15) is 0 Å². The second-order valence-corrected chi connectivity index (χ2v) is 14.0. The van der Waals surface area contributed by atoms with Gasteiger partial charge in [0.2, 0.25) is 0 Å². The molecular weight excluding hydrogens is 414 g/mol. The van der Waals surface area contributed by atoms with Crippen molar-refractivity contribution in [2.45, 2.75) is 32.2 Å². The quantitative estimate of drug-likeness (QED) is 0.330. The fourth-order valence-corrected chi connectivity index (χ4v) is 9.47. The van der Waals surface area contributed by atoms with Gasteiger partial charge >= 0.3 is 0 Å². The van der Waals surface area contributed by atoms with Gasteiger partial charge in [0.05, 0.1) is 0 Å². The predicted molar refractivity (Wildman–Crippen MR) is 135 cm³/mol. The Morgan fingerprint density at radius 1 is 0.806 bits per heavy atom. The first-order valence-electron chi connectivity index (χ1n) is 10.7. The van der Waals surface area contributed by atoms with Crippen LogP contribution in [-0.2, 0) is 10.8 Å². The van der Waals surface area contributed by atoms with E-state index < -0.39 is 8.32 Å². The highest BCUT2D eigenvalue weighted by Gasteiger charge is 2.49. The molecule has 0 amide bonds. The number of hydrogen-bond donors (Lipinski definition) is 0. The van der Waals surface area contributed by atoms with Crippen molar-refractivity contribution in [3.63, 3.8) is 0 Å². The predicted octanol–water partition coefficient (Wildman–Crippen LogP) is 5.93. The van der Waals surface area contributed by atoms with Gasteiger partial charge in [0.1, 0.15) is 5.01 Å². The Bertz CT molecular complexity index is 1030. The van der Waals surface area contributed by atoms with Crippen molar-refractivity contribution >= 4 is 30.0 Å². The maximum absolute atomic E-state index is 7.00. The lowest BCUT2D eigenvalue weighted by molar-refractivity contribution is 0.302. The molecule has 4 aromatic rings. The second-order valence-electron chi connectivity index (χ2n) is 8.80. The summed E-state index contributed by atoms with van der Waals surface area (Å²) >= 11 is 1.67. The summed E-state index contributed by atoms with van der Waals surface area (Å²) in [4.78, 5) is 4.40. The van der Waals surface area contributed by atoms with Gasteiger partial charge in [-0.3, -0.25) is 0 Å². The summed E-state index contributed by atoms with van der Waals surface area (Å²) in [5.74, 6) is 0. The number of aromatic nitrogens is 1. The molecule has 3 aromatic carbocycles. The zero-order chi connectivity index (χ0) is 21.7. The molecular formula is C27H29NOSSi. The molecule has 0 N–H and O–H groups in total. The molecule has 0 fully saturated rings. The van der Waals surface area contributed by atoms with Crippen LogP contribution in [0.25, 0.3) is 10.6 Å². The topological polar surface area (TPSA) is 22.1 Å². The summed E-state index contributed by atoms with van der Waals surface area (Å²) in [7, 11) is -2.47. The summed E-state index contributed by atoms with van der Waals surface area (Å²) in [6.07, 6.45) is 2.74. The first-order chi connectivity index (χ1) is 15.0. The Morgan fingerprint density at radius 2 is 1.39 bits per heavy atom. The third-order valence-electron chi connectivity index (χ3n) is 5.76. The van der Waals surface area contributed by atoms with E-state index in [1.807, 2.05) is 11.6 Å². The van der Waals surface area contributed by atoms with E-state index in [1.165, 1.54) is 21.5 Å². The minimum Gasteiger partial charge on any atom is -0.407 e. The first-order valence-corrected chi connectivity index (χ1v) is 13.5. The number of benzene rings is 3. The lowest BCUT2D eigenvalue weighted by atomic mass is 10.1. The maximum atomic E-state index is 7.00. The molecule has 0 saturated heterocycles. The summed E-state index contributed by atoms with van der Waals surface area (Å²) in [6.45, 7) is 7.66. The Balaban J connectivity index is 1.60. The van der Waals surface area contributed by atoms with Crippen molar-refractivity contribution in [1.82, 2.24) is 4.98 Å². The van der Waals surface area contributed by atoms with E-state index in [4.69, 9.17) is 4.43 Å². The molecule has 1 aromatic heterocycles. The average molecular weight is 444 g/mol. The summed E-state index contributed by atoms with van der Waals surface area (Å²) in [5.41, 5.74) is 2.46. The Labute approximate surface area is 190 Å². The van der Waals surface area contributed by atoms with Crippen molar-refractivity contribution in [2.75, 3.05) is 6.61 Å². The van der Waals surface area contributed by atoms with E-state index in [1.54, 1.807) is 11.3 Å². The van der Waals surface area contributed by atoms with Crippen LogP contribution >= 0.6 is 11.3 Å². The molecule has 0 bridgehead atoms. The van der Waals surface area contributed by atoms with Crippen LogP contribution in [0.1, 0.15) is 26.3 Å². The summed E-state index contributed by atoms with van der Waals surface area (Å²) in [6, 6.07) is 30.4. The van der Waals surface area contributed by atoms with Gasteiger partial charge in [-0.05, 0) is 27.4 Å². The van der Waals surface area contributed by atoms with Crippen molar-refractivity contribution in [1.29, 1.82) is 0 Å². The summed E-state index contributed by atoms with van der Waals surface area (Å²) in [5, 5.41) is 5.74. The SMILES string of the molecule is CC(C)(C)[Si](OCCc1ccc(-c2nccs2)cc1)(c1ccccc1)c1ccccc1. The molecule has 2 nitrogen and oxygen atoms in total. The van der Waals surface area contributed by atoms with Crippen molar-refractivity contribution in [3.8, 4) is 10.6 Å². The van der Waals surface area contributed by atoms with Gasteiger partial charge in [0.25, 0.3) is 8.32 Å². The second kappa shape index (κ2) is 9.31. The molecule has 0 unspecified atom stereocenters. The number of rotatable bonds is 7. The van der Waals surface area contributed by atoms with Gasteiger partial charge in [-0.1, -0.05) is 106 Å². The van der Waals surface area contributed by atoms with Crippen molar-refractivity contribution in [3.05, 3.63) is 102 Å². The van der Waals surface area contributed by atoms with E-state index in [9.17, 15) is 0 Å². The lowest BCUT2D eigenvalue weighted by Gasteiger charge is -2.43. The van der Waals surface area contributed by atoms with Crippen LogP contribution in [0.5, 0.6) is 0 Å². The molecule has 4 rings (SSSR count). The largest absolute Gasteiger partial charge is 0.407 e. The van der Waals surface area contributed by atoms with Gasteiger partial charge < -0.3 is 4.43 Å². The molecule has 158 valence electrons. The molecule has 0 aliphatic heterocycles. The fraction of sp³-hybridized carbons (Fsp3) is 0.222. The molecule has 0 aliphatic carbocycles. The minimum atomic E-state index is -2.47. The van der Waals surface area contributed by atoms with E-state index >= 15 is 0 Å². The maximum Gasteiger partial charge on any atom is 0.261 e. The first kappa shape index (κ1) is 21.7. The van der Waals surface area contributed by atoms with E-state index in [0.29, 0.717) is 6.61 Å². The molecule has 31 heavy (non-hydrogen) atoms. The highest BCUT2D eigenvalue weighted by Crippen LogP contribution is 2.36. The molecule has 0 atom stereocenters. The van der Waals surface area contributed by atoms with Gasteiger partial charge in [-0.15, -0.1) is 11.3 Å². The standard InChI is InChI=1S/C27H29NOSSi/c1-27(2,3)31(24-10-6-4-7-11-24,25-12-8-5-9-13-25)29-20-18-22-14-16-23(17-15-22)26-28-19-21-30-26/h4-17,19,21H,18,20H2,1-3H3. The normalized spacial score (nSPS) is 12.1. The smallest absolute Gasteiger partial charge is 0.261 e. The van der Waals surface area contributed by atoms with Gasteiger partial charge in [0.15, 0.2) is 0 Å². The molecule has 0 spiro atoms. The average Bonchev–Trinajstić information content (AvgIpc) is 3.33. The zero-order valence-corrected chi connectivity index (χ0v) is 20.2. The Hall–Kier alpha value is -2.53. The molecule has 1 heterocycles. The fourth-order valence-electron chi connectivity index (χ4n) is 4.26. The highest BCUT2D eigenvalue weighted by molar-refractivity contribution is 7.13. The van der Waals surface area contributed by atoms with E-state index in [2.05, 4.69) is 111 Å². The Kier molecular flexibility index (Phi) is 6.51. The van der Waals surface area contributed by atoms with Crippen LogP contribution in [0, 0.1) is 0 Å². The van der Waals surface area contributed by atoms with Crippen LogP contribution in [0.2, 0.25) is 5.04 Å². The van der Waals surface area contributed by atoms with Crippen molar-refractivity contribution < 1.29 is 4.43 Å². The van der Waals surface area contributed by atoms with Crippen LogP contribution in [-0.4, -0.2) is 19.9 Å². The molecule has 0 radical (unpaired) electrons. The van der Waals surface area contributed by atoms with E-state index in [-0.39, 0.29) is 5.04 Å². The summed E-state index contributed by atoms with van der Waals surface area (Å²) < 4.78 is 7.00.